The molecule has 0 amide bonds. The average molecular weight is 318 g/mol. The van der Waals surface area contributed by atoms with Crippen LogP contribution in [-0.2, 0) is 13.0 Å². The molecular weight excluding hydrogens is 298 g/mol. The summed E-state index contributed by atoms with van der Waals surface area (Å²) in [6, 6.07) is 15.4. The van der Waals surface area contributed by atoms with Crippen molar-refractivity contribution >= 4 is 15.9 Å². The maximum Gasteiger partial charge on any atom is 0.0230 e. The highest BCUT2D eigenvalue weighted by atomic mass is 79.9. The maximum absolute atomic E-state index is 3.56. The zero-order chi connectivity index (χ0) is 13.8. The molecule has 0 unspecified atom stereocenters. The molecule has 0 aliphatic heterocycles. The number of halogens is 1. The van der Waals surface area contributed by atoms with Gasteiger partial charge >= 0.3 is 0 Å². The van der Waals surface area contributed by atoms with Crippen molar-refractivity contribution in [3.8, 4) is 0 Å². The lowest BCUT2D eigenvalue weighted by molar-refractivity contribution is 0.401. The summed E-state index contributed by atoms with van der Waals surface area (Å²) in [5.74, 6) is 0. The molecule has 0 heterocycles. The number of nitrogens with zero attached hydrogens (tertiary/aromatic N) is 1. The summed E-state index contributed by atoms with van der Waals surface area (Å²) in [7, 11) is 4.22. The van der Waals surface area contributed by atoms with E-state index in [1.165, 1.54) is 22.3 Å². The quantitative estimate of drug-likeness (QED) is 0.807. The van der Waals surface area contributed by atoms with Gasteiger partial charge in [-0.1, -0.05) is 51.8 Å². The van der Waals surface area contributed by atoms with E-state index >= 15 is 0 Å². The first-order valence-electron chi connectivity index (χ1n) is 6.52. The number of aryl methyl sites for hydroxylation is 1. The highest BCUT2D eigenvalue weighted by molar-refractivity contribution is 9.10. The molecule has 0 aliphatic rings. The molecule has 2 aromatic carbocycles. The first-order chi connectivity index (χ1) is 9.04. The number of rotatable bonds is 4. The Morgan fingerprint density at radius 1 is 0.947 bits per heavy atom. The Labute approximate surface area is 124 Å². The average Bonchev–Trinajstić information content (AvgIpc) is 2.34. The Morgan fingerprint density at radius 2 is 1.63 bits per heavy atom. The van der Waals surface area contributed by atoms with Gasteiger partial charge in [0.1, 0.15) is 0 Å². The van der Waals surface area contributed by atoms with Crippen molar-refractivity contribution in [3.05, 3.63) is 69.2 Å². The van der Waals surface area contributed by atoms with Gasteiger partial charge in [-0.25, -0.2) is 0 Å². The van der Waals surface area contributed by atoms with Crippen LogP contribution in [0.15, 0.2) is 46.9 Å². The van der Waals surface area contributed by atoms with Crippen LogP contribution in [0.3, 0.4) is 0 Å². The van der Waals surface area contributed by atoms with Gasteiger partial charge < -0.3 is 4.90 Å². The van der Waals surface area contributed by atoms with Gasteiger partial charge in [-0.2, -0.15) is 0 Å². The molecule has 2 rings (SSSR count). The van der Waals surface area contributed by atoms with Crippen molar-refractivity contribution < 1.29 is 0 Å². The Hall–Kier alpha value is -1.12. The minimum absolute atomic E-state index is 0.973. The normalized spacial score (nSPS) is 11.0. The summed E-state index contributed by atoms with van der Waals surface area (Å²) in [4.78, 5) is 2.21. The molecule has 0 saturated heterocycles. The van der Waals surface area contributed by atoms with Crippen molar-refractivity contribution in [1.29, 1.82) is 0 Å². The van der Waals surface area contributed by atoms with Gasteiger partial charge in [-0.3, -0.25) is 0 Å². The van der Waals surface area contributed by atoms with E-state index in [9.17, 15) is 0 Å². The molecule has 100 valence electrons. The van der Waals surface area contributed by atoms with Gasteiger partial charge in [0.15, 0.2) is 0 Å². The van der Waals surface area contributed by atoms with E-state index in [0.717, 1.165) is 17.4 Å². The highest BCUT2D eigenvalue weighted by Crippen LogP contribution is 2.21. The predicted molar refractivity (Wildman–Crippen MR) is 85.5 cm³/mol. The molecule has 0 aromatic heterocycles. The smallest absolute Gasteiger partial charge is 0.0230 e. The van der Waals surface area contributed by atoms with Crippen LogP contribution in [0.5, 0.6) is 0 Å². The second-order valence-corrected chi connectivity index (χ2v) is 6.23. The van der Waals surface area contributed by atoms with Crippen molar-refractivity contribution in [2.45, 2.75) is 19.9 Å². The fraction of sp³-hybridized carbons (Fsp3) is 0.294. The van der Waals surface area contributed by atoms with E-state index in [-0.39, 0.29) is 0 Å². The molecule has 1 nitrogen and oxygen atoms in total. The summed E-state index contributed by atoms with van der Waals surface area (Å²) >= 11 is 3.56. The van der Waals surface area contributed by atoms with E-state index in [1.54, 1.807) is 0 Å². The molecular formula is C17H20BrN. The number of hydrogen-bond acceptors (Lipinski definition) is 1. The largest absolute Gasteiger partial charge is 0.305 e. The van der Waals surface area contributed by atoms with Crippen LogP contribution in [0, 0.1) is 6.92 Å². The number of hydrogen-bond donors (Lipinski definition) is 0. The van der Waals surface area contributed by atoms with Gasteiger partial charge in [-0.15, -0.1) is 0 Å². The zero-order valence-electron chi connectivity index (χ0n) is 11.8. The van der Waals surface area contributed by atoms with Crippen molar-refractivity contribution in [2.75, 3.05) is 14.1 Å². The van der Waals surface area contributed by atoms with E-state index in [1.807, 2.05) is 0 Å². The Kier molecular flexibility index (Phi) is 4.78. The van der Waals surface area contributed by atoms with E-state index in [4.69, 9.17) is 0 Å². The summed E-state index contributed by atoms with van der Waals surface area (Å²) in [6.07, 6.45) is 0.997. The zero-order valence-corrected chi connectivity index (χ0v) is 13.4. The maximum atomic E-state index is 3.56. The van der Waals surface area contributed by atoms with Crippen LogP contribution in [0.1, 0.15) is 22.3 Å². The second-order valence-electron chi connectivity index (χ2n) is 5.31. The summed E-state index contributed by atoms with van der Waals surface area (Å²) in [6.45, 7) is 3.10. The molecule has 0 fully saturated rings. The third-order valence-electron chi connectivity index (χ3n) is 3.17. The lowest BCUT2D eigenvalue weighted by Crippen LogP contribution is -2.12. The fourth-order valence-electron chi connectivity index (χ4n) is 2.18. The summed E-state index contributed by atoms with van der Waals surface area (Å²) in [5, 5.41) is 0. The molecule has 2 aromatic rings. The standard InChI is InChI=1S/C17H20BrN/c1-13-4-6-14(7-5-13)10-15-8-9-17(18)11-16(15)12-19(2)3/h4-9,11H,10,12H2,1-3H3. The number of benzene rings is 2. The summed E-state index contributed by atoms with van der Waals surface area (Å²) in [5.41, 5.74) is 5.47. The molecule has 0 spiro atoms. The Balaban J connectivity index is 2.26. The topological polar surface area (TPSA) is 3.24 Å². The van der Waals surface area contributed by atoms with Crippen LogP contribution in [0.2, 0.25) is 0 Å². The van der Waals surface area contributed by atoms with E-state index in [2.05, 4.69) is 84.3 Å². The monoisotopic (exact) mass is 317 g/mol. The predicted octanol–water partition coefficient (Wildman–Crippen LogP) is 4.41. The third kappa shape index (κ3) is 4.19. The highest BCUT2D eigenvalue weighted by Gasteiger charge is 2.06. The molecule has 0 radical (unpaired) electrons. The van der Waals surface area contributed by atoms with E-state index in [0.29, 0.717) is 0 Å². The molecule has 2 heteroatoms. The molecule has 0 bridgehead atoms. The van der Waals surface area contributed by atoms with E-state index < -0.39 is 0 Å². The third-order valence-corrected chi connectivity index (χ3v) is 3.66. The molecule has 19 heavy (non-hydrogen) atoms. The minimum Gasteiger partial charge on any atom is -0.305 e. The Morgan fingerprint density at radius 3 is 2.26 bits per heavy atom. The molecule has 0 N–H and O–H groups in total. The molecule has 0 atom stereocenters. The second kappa shape index (κ2) is 6.36. The van der Waals surface area contributed by atoms with Crippen molar-refractivity contribution in [1.82, 2.24) is 4.90 Å². The van der Waals surface area contributed by atoms with Gasteiger partial charge in [0.2, 0.25) is 0 Å². The van der Waals surface area contributed by atoms with Crippen LogP contribution in [0.25, 0.3) is 0 Å². The van der Waals surface area contributed by atoms with Crippen LogP contribution < -0.4 is 0 Å². The van der Waals surface area contributed by atoms with Crippen molar-refractivity contribution in [2.24, 2.45) is 0 Å². The minimum atomic E-state index is 0.973. The summed E-state index contributed by atoms with van der Waals surface area (Å²) < 4.78 is 1.15. The lowest BCUT2D eigenvalue weighted by atomic mass is 9.99. The van der Waals surface area contributed by atoms with Gasteiger partial charge in [-0.05, 0) is 56.3 Å². The van der Waals surface area contributed by atoms with Gasteiger partial charge in [0.05, 0.1) is 0 Å². The Bertz CT molecular complexity index is 544. The first-order valence-corrected chi connectivity index (χ1v) is 7.31. The fourth-order valence-corrected chi connectivity index (χ4v) is 2.59. The van der Waals surface area contributed by atoms with Crippen LogP contribution in [-0.4, -0.2) is 19.0 Å². The molecule has 0 saturated carbocycles. The lowest BCUT2D eigenvalue weighted by Gasteiger charge is -2.15. The van der Waals surface area contributed by atoms with Gasteiger partial charge in [0, 0.05) is 11.0 Å². The molecule has 0 aliphatic carbocycles. The van der Waals surface area contributed by atoms with Crippen LogP contribution in [0.4, 0.5) is 0 Å². The van der Waals surface area contributed by atoms with Gasteiger partial charge in [0.25, 0.3) is 0 Å². The first kappa shape index (κ1) is 14.3. The van der Waals surface area contributed by atoms with Crippen molar-refractivity contribution in [3.63, 3.8) is 0 Å². The van der Waals surface area contributed by atoms with Crippen LogP contribution >= 0.6 is 15.9 Å². The SMILES string of the molecule is Cc1ccc(Cc2ccc(Br)cc2CN(C)C)cc1.